The van der Waals surface area contributed by atoms with Gasteiger partial charge < -0.3 is 0 Å². The molecule has 0 aliphatic heterocycles. The molecule has 0 bridgehead atoms. The first-order valence-electron chi connectivity index (χ1n) is 10.0. The number of benzene rings is 3. The quantitative estimate of drug-likeness (QED) is 0.325. The molecule has 162 valence electrons. The van der Waals surface area contributed by atoms with Crippen LogP contribution in [0.15, 0.2) is 85.1 Å². The molecule has 5 nitrogen and oxygen atoms in total. The largest absolute Gasteiger partial charge is 0.298 e. The highest BCUT2D eigenvalue weighted by Gasteiger charge is 2.12. The van der Waals surface area contributed by atoms with Crippen LogP contribution in [0.25, 0.3) is 33.2 Å². The second-order valence-electron chi connectivity index (χ2n) is 7.17. The molecule has 0 aliphatic rings. The van der Waals surface area contributed by atoms with Crippen LogP contribution in [0.5, 0.6) is 0 Å². The summed E-state index contributed by atoms with van der Waals surface area (Å²) >= 11 is 1.20. The maximum absolute atomic E-state index is 13.4. The number of anilines is 1. The molecule has 0 radical (unpaired) electrons. The number of para-hydroxylation sites is 1. The number of aromatic nitrogens is 3. The Bertz CT molecular complexity index is 1470. The molecule has 1 amide bonds. The molecule has 0 fully saturated rings. The van der Waals surface area contributed by atoms with Crippen molar-refractivity contribution < 1.29 is 13.6 Å². The van der Waals surface area contributed by atoms with E-state index in [1.807, 2.05) is 30.3 Å². The Balaban J connectivity index is 1.43. The zero-order chi connectivity index (χ0) is 22.8. The van der Waals surface area contributed by atoms with Gasteiger partial charge in [-0.2, -0.15) is 5.10 Å². The van der Waals surface area contributed by atoms with Crippen LogP contribution < -0.4 is 5.32 Å². The van der Waals surface area contributed by atoms with E-state index in [1.165, 1.54) is 41.7 Å². The van der Waals surface area contributed by atoms with Crippen molar-refractivity contribution in [3.63, 3.8) is 0 Å². The van der Waals surface area contributed by atoms with Crippen LogP contribution in [0.3, 0.4) is 0 Å². The van der Waals surface area contributed by atoms with Crippen LogP contribution in [0.2, 0.25) is 0 Å². The number of halogens is 2. The standard InChI is InChI=1S/C25H16F2N4OS/c26-18-9-6-16(7-10-18)24-17(15-31(30-24)20-4-2-1-3-5-20)8-13-23(32)29-25-28-21-12-11-19(27)14-22(21)33-25/h1-15H,(H,28,29,32)/b13-8+. The minimum atomic E-state index is -0.382. The molecule has 2 heterocycles. The van der Waals surface area contributed by atoms with Crippen LogP contribution in [-0.2, 0) is 4.79 Å². The van der Waals surface area contributed by atoms with E-state index in [0.29, 0.717) is 26.6 Å². The number of carbonyl (C=O) groups is 1. The van der Waals surface area contributed by atoms with E-state index in [1.54, 1.807) is 35.2 Å². The van der Waals surface area contributed by atoms with Crippen molar-refractivity contribution in [1.82, 2.24) is 14.8 Å². The minimum Gasteiger partial charge on any atom is -0.298 e. The van der Waals surface area contributed by atoms with Crippen molar-refractivity contribution in [3.8, 4) is 16.9 Å². The second kappa shape index (κ2) is 8.76. The maximum atomic E-state index is 13.4. The zero-order valence-corrected chi connectivity index (χ0v) is 17.9. The monoisotopic (exact) mass is 458 g/mol. The smallest absolute Gasteiger partial charge is 0.250 e. The third-order valence-electron chi connectivity index (χ3n) is 4.88. The Morgan fingerprint density at radius 3 is 2.52 bits per heavy atom. The van der Waals surface area contributed by atoms with Gasteiger partial charge >= 0.3 is 0 Å². The molecule has 5 rings (SSSR count). The molecule has 8 heteroatoms. The first kappa shape index (κ1) is 20.7. The van der Waals surface area contributed by atoms with Gasteiger partial charge in [0.05, 0.1) is 21.6 Å². The molecule has 0 aliphatic carbocycles. The summed E-state index contributed by atoms with van der Waals surface area (Å²) in [6, 6.07) is 19.9. The van der Waals surface area contributed by atoms with E-state index < -0.39 is 0 Å². The Labute approximate surface area is 191 Å². The van der Waals surface area contributed by atoms with E-state index in [9.17, 15) is 13.6 Å². The van der Waals surface area contributed by atoms with Crippen LogP contribution in [0.1, 0.15) is 5.56 Å². The number of fused-ring (bicyclic) bond motifs is 1. The van der Waals surface area contributed by atoms with Gasteiger partial charge in [0.25, 0.3) is 0 Å². The predicted molar refractivity (Wildman–Crippen MR) is 126 cm³/mol. The first-order chi connectivity index (χ1) is 16.0. The molecule has 1 N–H and O–H groups in total. The topological polar surface area (TPSA) is 59.8 Å². The van der Waals surface area contributed by atoms with Gasteiger partial charge in [-0.15, -0.1) is 0 Å². The van der Waals surface area contributed by atoms with Crippen LogP contribution >= 0.6 is 11.3 Å². The number of hydrogen-bond donors (Lipinski definition) is 1. The second-order valence-corrected chi connectivity index (χ2v) is 8.20. The van der Waals surface area contributed by atoms with Crippen molar-refractivity contribution in [2.75, 3.05) is 5.32 Å². The molecule has 0 spiro atoms. The van der Waals surface area contributed by atoms with Crippen molar-refractivity contribution in [2.24, 2.45) is 0 Å². The average Bonchev–Trinajstić information content (AvgIpc) is 3.42. The lowest BCUT2D eigenvalue weighted by atomic mass is 10.1. The summed E-state index contributed by atoms with van der Waals surface area (Å²) in [5, 5.41) is 7.73. The Morgan fingerprint density at radius 2 is 1.73 bits per heavy atom. The van der Waals surface area contributed by atoms with Gasteiger partial charge in [-0.3, -0.25) is 10.1 Å². The summed E-state index contributed by atoms with van der Waals surface area (Å²) in [5.74, 6) is -1.08. The first-order valence-corrected chi connectivity index (χ1v) is 10.8. The third-order valence-corrected chi connectivity index (χ3v) is 5.81. The summed E-state index contributed by atoms with van der Waals surface area (Å²) in [4.78, 5) is 16.8. The van der Waals surface area contributed by atoms with Crippen molar-refractivity contribution in [3.05, 3.63) is 102 Å². The predicted octanol–water partition coefficient (Wildman–Crippen LogP) is 6.08. The minimum absolute atomic E-state index is 0.339. The number of carbonyl (C=O) groups excluding carboxylic acids is 1. The van der Waals surface area contributed by atoms with Gasteiger partial charge in [-0.1, -0.05) is 29.5 Å². The van der Waals surface area contributed by atoms with Crippen LogP contribution in [0.4, 0.5) is 13.9 Å². The summed E-state index contributed by atoms with van der Waals surface area (Å²) in [7, 11) is 0. The van der Waals surface area contributed by atoms with E-state index in [0.717, 1.165) is 11.3 Å². The summed E-state index contributed by atoms with van der Waals surface area (Å²) in [6.45, 7) is 0. The van der Waals surface area contributed by atoms with Crippen LogP contribution in [0, 0.1) is 11.6 Å². The van der Waals surface area contributed by atoms with Gasteiger partial charge in [-0.05, 0) is 60.7 Å². The number of rotatable bonds is 5. The molecule has 33 heavy (non-hydrogen) atoms. The lowest BCUT2D eigenvalue weighted by molar-refractivity contribution is -0.111. The third kappa shape index (κ3) is 4.56. The summed E-state index contributed by atoms with van der Waals surface area (Å²) < 4.78 is 29.2. The number of nitrogens with zero attached hydrogens (tertiary/aromatic N) is 3. The molecule has 3 aromatic carbocycles. The van der Waals surface area contributed by atoms with E-state index in [2.05, 4.69) is 15.4 Å². The molecule has 0 unspecified atom stereocenters. The molecule has 0 atom stereocenters. The molecule has 0 saturated heterocycles. The Hall–Kier alpha value is -4.17. The van der Waals surface area contributed by atoms with Gasteiger partial charge in [0.2, 0.25) is 5.91 Å². The van der Waals surface area contributed by atoms with Crippen molar-refractivity contribution in [2.45, 2.75) is 0 Å². The van der Waals surface area contributed by atoms with Crippen molar-refractivity contribution >= 4 is 38.7 Å². The van der Waals surface area contributed by atoms with Gasteiger partial charge in [0.1, 0.15) is 11.6 Å². The molecule has 0 saturated carbocycles. The number of nitrogens with one attached hydrogen (secondary N) is 1. The highest BCUT2D eigenvalue weighted by atomic mass is 32.1. The number of thiazole rings is 1. The summed E-state index contributed by atoms with van der Waals surface area (Å²) in [5.41, 5.74) is 3.49. The van der Waals surface area contributed by atoms with E-state index >= 15 is 0 Å². The molecule has 2 aromatic heterocycles. The van der Waals surface area contributed by atoms with Crippen LogP contribution in [-0.4, -0.2) is 20.7 Å². The zero-order valence-electron chi connectivity index (χ0n) is 17.1. The Kier molecular flexibility index (Phi) is 5.50. The lowest BCUT2D eigenvalue weighted by Gasteiger charge is -2.00. The van der Waals surface area contributed by atoms with Gasteiger partial charge in [0, 0.05) is 23.4 Å². The lowest BCUT2D eigenvalue weighted by Crippen LogP contribution is -2.07. The fourth-order valence-corrected chi connectivity index (χ4v) is 4.21. The molecule has 5 aromatic rings. The van der Waals surface area contributed by atoms with Gasteiger partial charge in [-0.25, -0.2) is 18.4 Å². The molecular formula is C25H16F2N4OS. The highest BCUT2D eigenvalue weighted by Crippen LogP contribution is 2.27. The van der Waals surface area contributed by atoms with E-state index in [-0.39, 0.29) is 17.5 Å². The normalized spacial score (nSPS) is 11.3. The summed E-state index contributed by atoms with van der Waals surface area (Å²) in [6.07, 6.45) is 4.83. The average molecular weight is 458 g/mol. The number of amides is 1. The number of hydrogen-bond acceptors (Lipinski definition) is 4. The molecular weight excluding hydrogens is 442 g/mol. The maximum Gasteiger partial charge on any atom is 0.250 e. The van der Waals surface area contributed by atoms with Gasteiger partial charge in [0.15, 0.2) is 5.13 Å². The fourth-order valence-electron chi connectivity index (χ4n) is 3.32. The SMILES string of the molecule is O=C(/C=C/c1cn(-c2ccccc2)nc1-c1ccc(F)cc1)Nc1nc2ccc(F)cc2s1. The Morgan fingerprint density at radius 1 is 0.970 bits per heavy atom. The highest BCUT2D eigenvalue weighted by molar-refractivity contribution is 7.22. The van der Waals surface area contributed by atoms with E-state index in [4.69, 9.17) is 0 Å². The fraction of sp³-hybridized carbons (Fsp3) is 0. The van der Waals surface area contributed by atoms with Crippen molar-refractivity contribution in [1.29, 1.82) is 0 Å².